The Morgan fingerprint density at radius 3 is 2.34 bits per heavy atom. The van der Waals surface area contributed by atoms with Crippen molar-refractivity contribution < 1.29 is 4.52 Å². The predicted octanol–water partition coefficient (Wildman–Crippen LogP) is 6.94. The number of aromatic nitrogens is 2. The molecule has 0 radical (unpaired) electrons. The number of anilines is 1. The third-order valence-electron chi connectivity index (χ3n) is 6.13. The molecule has 1 aliphatic heterocycles. The molecule has 35 heavy (non-hydrogen) atoms. The highest BCUT2D eigenvalue weighted by Gasteiger charge is 2.34. The van der Waals surface area contributed by atoms with Crippen LogP contribution in [0.15, 0.2) is 87.9 Å². The fraction of sp³-hybridized carbons (Fsp3) is 0.179. The summed E-state index contributed by atoms with van der Waals surface area (Å²) in [5.41, 5.74) is 7.17. The van der Waals surface area contributed by atoms with Gasteiger partial charge in [-0.3, -0.25) is 4.90 Å². The Hall–Kier alpha value is -3.42. The molecule has 1 N–H and O–H groups in total. The van der Waals surface area contributed by atoms with Crippen molar-refractivity contribution in [2.75, 3.05) is 11.2 Å². The van der Waals surface area contributed by atoms with E-state index < -0.39 is 0 Å². The molecular formula is C28H26N4OS2. The molecule has 1 aliphatic rings. The summed E-state index contributed by atoms with van der Waals surface area (Å²) in [6.07, 6.45) is 2.07. The molecule has 0 bridgehead atoms. The molecule has 5 rings (SSSR count). The van der Waals surface area contributed by atoms with Gasteiger partial charge < -0.3 is 9.84 Å². The lowest BCUT2D eigenvalue weighted by Gasteiger charge is -2.37. The van der Waals surface area contributed by atoms with Crippen LogP contribution < -0.4 is 10.2 Å². The van der Waals surface area contributed by atoms with Crippen LogP contribution in [0.4, 0.5) is 5.69 Å². The molecule has 0 saturated heterocycles. The van der Waals surface area contributed by atoms with Gasteiger partial charge >= 0.3 is 0 Å². The number of benzene rings is 3. The van der Waals surface area contributed by atoms with Crippen LogP contribution in [0.5, 0.6) is 0 Å². The quantitative estimate of drug-likeness (QED) is 0.236. The van der Waals surface area contributed by atoms with Gasteiger partial charge in [-0.1, -0.05) is 53.2 Å². The van der Waals surface area contributed by atoms with Gasteiger partial charge in [0.25, 0.3) is 5.89 Å². The summed E-state index contributed by atoms with van der Waals surface area (Å²) in [6, 6.07) is 24.7. The summed E-state index contributed by atoms with van der Waals surface area (Å²) in [6.45, 7) is 6.19. The minimum Gasteiger partial charge on any atom is -0.351 e. The Bertz CT molecular complexity index is 1420. The van der Waals surface area contributed by atoms with E-state index in [0.717, 1.165) is 39.2 Å². The fourth-order valence-electron chi connectivity index (χ4n) is 4.38. The number of aryl methyl sites for hydroxylation is 2. The lowest BCUT2D eigenvalue weighted by Crippen LogP contribution is -2.46. The highest BCUT2D eigenvalue weighted by molar-refractivity contribution is 7.98. The zero-order chi connectivity index (χ0) is 24.5. The van der Waals surface area contributed by atoms with Crippen LogP contribution >= 0.6 is 24.0 Å². The Morgan fingerprint density at radius 2 is 1.66 bits per heavy atom. The normalized spacial score (nSPS) is 15.9. The topological polar surface area (TPSA) is 54.2 Å². The second-order valence-corrected chi connectivity index (χ2v) is 9.89. The molecule has 0 fully saturated rings. The maximum atomic E-state index is 5.88. The number of nitrogens with one attached hydrogen (secondary N) is 1. The van der Waals surface area contributed by atoms with E-state index >= 15 is 0 Å². The first kappa shape index (κ1) is 23.3. The van der Waals surface area contributed by atoms with Crippen molar-refractivity contribution in [2.45, 2.75) is 31.7 Å². The summed E-state index contributed by atoms with van der Waals surface area (Å²) >= 11 is 7.58. The van der Waals surface area contributed by atoms with Gasteiger partial charge in [0, 0.05) is 21.8 Å². The number of thioether (sulfide) groups is 1. The van der Waals surface area contributed by atoms with Crippen molar-refractivity contribution in [3.63, 3.8) is 0 Å². The molecule has 3 aromatic carbocycles. The predicted molar refractivity (Wildman–Crippen MR) is 147 cm³/mol. The molecule has 1 atom stereocenters. The van der Waals surface area contributed by atoms with Crippen molar-refractivity contribution in [2.24, 2.45) is 0 Å². The van der Waals surface area contributed by atoms with Crippen molar-refractivity contribution in [1.29, 1.82) is 0 Å². The van der Waals surface area contributed by atoms with Crippen LogP contribution in [-0.4, -0.2) is 21.5 Å². The Labute approximate surface area is 215 Å². The standard InChI is InChI=1S/C28H26N4OS2/c1-17-7-5-9-21(15-17)26-30-27(33-31-26)24-19(3)32(22-10-6-8-18(2)16-22)28(34)29-25(24)20-11-13-23(35-4)14-12-20/h5-16,25H,1-4H3,(H,29,34). The van der Waals surface area contributed by atoms with E-state index in [1.54, 1.807) is 11.8 Å². The van der Waals surface area contributed by atoms with Crippen molar-refractivity contribution in [1.82, 2.24) is 15.5 Å². The van der Waals surface area contributed by atoms with Crippen LogP contribution in [-0.2, 0) is 0 Å². The summed E-state index contributed by atoms with van der Waals surface area (Å²) in [5, 5.41) is 8.49. The molecule has 176 valence electrons. The molecular weight excluding hydrogens is 472 g/mol. The molecule has 1 unspecified atom stereocenters. The van der Waals surface area contributed by atoms with Gasteiger partial charge in [0.05, 0.1) is 11.6 Å². The summed E-state index contributed by atoms with van der Waals surface area (Å²) in [5.74, 6) is 1.04. The monoisotopic (exact) mass is 498 g/mol. The van der Waals surface area contributed by atoms with Gasteiger partial charge in [-0.25, -0.2) is 0 Å². The molecule has 0 saturated carbocycles. The highest BCUT2D eigenvalue weighted by Crippen LogP contribution is 2.39. The molecule has 5 nitrogen and oxygen atoms in total. The third kappa shape index (κ3) is 4.61. The summed E-state index contributed by atoms with van der Waals surface area (Å²) < 4.78 is 5.88. The smallest absolute Gasteiger partial charge is 0.258 e. The largest absolute Gasteiger partial charge is 0.351 e. The van der Waals surface area contributed by atoms with E-state index in [4.69, 9.17) is 21.7 Å². The molecule has 7 heteroatoms. The maximum absolute atomic E-state index is 5.88. The second kappa shape index (κ2) is 9.68. The first-order valence-electron chi connectivity index (χ1n) is 11.4. The molecule has 0 amide bonds. The maximum Gasteiger partial charge on any atom is 0.258 e. The van der Waals surface area contributed by atoms with Gasteiger partial charge in [-0.15, -0.1) is 11.8 Å². The minimum atomic E-state index is -0.217. The second-order valence-electron chi connectivity index (χ2n) is 8.62. The number of nitrogens with zero attached hydrogens (tertiary/aromatic N) is 3. The van der Waals surface area contributed by atoms with E-state index in [-0.39, 0.29) is 6.04 Å². The third-order valence-corrected chi connectivity index (χ3v) is 7.17. The fourth-order valence-corrected chi connectivity index (χ4v) is 5.15. The SMILES string of the molecule is CSc1ccc(C2NC(=S)N(c3cccc(C)c3)C(C)=C2c2nc(-c3cccc(C)c3)no2)cc1. The molecule has 1 aromatic heterocycles. The first-order valence-corrected chi connectivity index (χ1v) is 13.0. The molecule has 0 spiro atoms. The van der Waals surface area contributed by atoms with Crippen LogP contribution in [0.2, 0.25) is 0 Å². The zero-order valence-electron chi connectivity index (χ0n) is 20.1. The Morgan fingerprint density at radius 1 is 0.943 bits per heavy atom. The Kier molecular flexibility index (Phi) is 6.45. The van der Waals surface area contributed by atoms with E-state index in [2.05, 4.69) is 92.1 Å². The number of hydrogen-bond donors (Lipinski definition) is 1. The molecule has 0 aliphatic carbocycles. The number of hydrogen-bond acceptors (Lipinski definition) is 5. The van der Waals surface area contributed by atoms with Gasteiger partial charge in [0.1, 0.15) is 0 Å². The van der Waals surface area contributed by atoms with Crippen LogP contribution in [0, 0.1) is 13.8 Å². The van der Waals surface area contributed by atoms with Gasteiger partial charge in [0.15, 0.2) is 5.11 Å². The van der Waals surface area contributed by atoms with Gasteiger partial charge in [-0.2, -0.15) is 4.98 Å². The van der Waals surface area contributed by atoms with Crippen LogP contribution in [0.1, 0.15) is 35.5 Å². The lowest BCUT2D eigenvalue weighted by atomic mass is 9.94. The minimum absolute atomic E-state index is 0.217. The van der Waals surface area contributed by atoms with Gasteiger partial charge in [0.2, 0.25) is 5.82 Å². The average Bonchev–Trinajstić information content (AvgIpc) is 3.34. The van der Waals surface area contributed by atoms with Crippen LogP contribution in [0.3, 0.4) is 0 Å². The zero-order valence-corrected chi connectivity index (χ0v) is 21.7. The number of thiocarbonyl (C=S) groups is 1. The summed E-state index contributed by atoms with van der Waals surface area (Å²) in [4.78, 5) is 8.07. The average molecular weight is 499 g/mol. The Balaban J connectivity index is 1.65. The first-order chi connectivity index (χ1) is 16.9. The van der Waals surface area contributed by atoms with Crippen molar-refractivity contribution in [3.8, 4) is 11.4 Å². The lowest BCUT2D eigenvalue weighted by molar-refractivity contribution is 0.404. The molecule has 4 aromatic rings. The highest BCUT2D eigenvalue weighted by atomic mass is 32.2. The molecule has 2 heterocycles. The van der Waals surface area contributed by atoms with Crippen LogP contribution in [0.25, 0.3) is 17.0 Å². The summed E-state index contributed by atoms with van der Waals surface area (Å²) in [7, 11) is 0. The number of rotatable bonds is 5. The van der Waals surface area contributed by atoms with E-state index in [0.29, 0.717) is 16.8 Å². The van der Waals surface area contributed by atoms with Gasteiger partial charge in [-0.05, 0) is 80.7 Å². The number of allylic oxidation sites excluding steroid dienone is 1. The van der Waals surface area contributed by atoms with E-state index in [9.17, 15) is 0 Å². The van der Waals surface area contributed by atoms with E-state index in [1.807, 2.05) is 23.1 Å². The van der Waals surface area contributed by atoms with E-state index in [1.165, 1.54) is 4.90 Å². The van der Waals surface area contributed by atoms with Crippen molar-refractivity contribution in [3.05, 3.63) is 101 Å². The van der Waals surface area contributed by atoms with Crippen molar-refractivity contribution >= 4 is 40.4 Å².